The van der Waals surface area contributed by atoms with E-state index < -0.39 is 5.97 Å². The third-order valence-corrected chi connectivity index (χ3v) is 3.00. The van der Waals surface area contributed by atoms with E-state index >= 15 is 0 Å². The minimum Gasteiger partial charge on any atom is -0.492 e. The third-order valence-electron chi connectivity index (χ3n) is 3.00. The molecule has 0 atom stereocenters. The van der Waals surface area contributed by atoms with Gasteiger partial charge in [-0.3, -0.25) is 4.68 Å². The minimum atomic E-state index is -0.932. The van der Waals surface area contributed by atoms with E-state index in [1.165, 1.54) is 17.7 Å². The van der Waals surface area contributed by atoms with E-state index in [1.54, 1.807) is 16.8 Å². The van der Waals surface area contributed by atoms with E-state index in [4.69, 9.17) is 9.84 Å². The highest BCUT2D eigenvalue weighted by atomic mass is 16.5. The zero-order valence-corrected chi connectivity index (χ0v) is 12.0. The molecule has 6 nitrogen and oxygen atoms in total. The molecule has 0 saturated carbocycles. The topological polar surface area (TPSA) is 76.4 Å². The summed E-state index contributed by atoms with van der Waals surface area (Å²) in [4.78, 5) is 10.7. The van der Waals surface area contributed by atoms with Crippen molar-refractivity contribution in [3.8, 4) is 5.75 Å². The molecular formula is C15H19N3O3. The number of aryl methyl sites for hydroxylation is 1. The Bertz CT molecular complexity index is 578. The summed E-state index contributed by atoms with van der Waals surface area (Å²) in [5.74, 6) is -0.257. The van der Waals surface area contributed by atoms with Gasteiger partial charge in [0.1, 0.15) is 12.4 Å². The summed E-state index contributed by atoms with van der Waals surface area (Å²) >= 11 is 0. The van der Waals surface area contributed by atoms with Crippen molar-refractivity contribution >= 4 is 5.97 Å². The van der Waals surface area contributed by atoms with Crippen LogP contribution in [0.15, 0.2) is 36.7 Å². The molecule has 0 saturated heterocycles. The number of nitrogens with zero attached hydrogens (tertiary/aromatic N) is 2. The molecule has 0 aliphatic heterocycles. The minimum absolute atomic E-state index is 0.261. The first-order valence-corrected chi connectivity index (χ1v) is 6.79. The molecule has 0 aliphatic rings. The molecule has 2 aromatic rings. The fourth-order valence-corrected chi connectivity index (χ4v) is 1.89. The molecule has 1 heterocycles. The Morgan fingerprint density at radius 2 is 2.10 bits per heavy atom. The largest absolute Gasteiger partial charge is 0.492 e. The van der Waals surface area contributed by atoms with Crippen LogP contribution in [-0.2, 0) is 13.5 Å². The van der Waals surface area contributed by atoms with Crippen molar-refractivity contribution in [2.45, 2.75) is 6.42 Å². The summed E-state index contributed by atoms with van der Waals surface area (Å²) in [6, 6.07) is 6.40. The Kier molecular flexibility index (Phi) is 5.34. The van der Waals surface area contributed by atoms with Gasteiger partial charge in [0.2, 0.25) is 0 Å². The van der Waals surface area contributed by atoms with Gasteiger partial charge >= 0.3 is 5.97 Å². The molecule has 1 aromatic heterocycles. The molecule has 2 N–H and O–H groups in total. The van der Waals surface area contributed by atoms with Crippen LogP contribution >= 0.6 is 0 Å². The Morgan fingerprint density at radius 1 is 1.33 bits per heavy atom. The molecule has 0 amide bonds. The Hall–Kier alpha value is -2.34. The number of hydrogen-bond donors (Lipinski definition) is 2. The number of benzene rings is 1. The van der Waals surface area contributed by atoms with Crippen LogP contribution < -0.4 is 10.1 Å². The summed E-state index contributed by atoms with van der Waals surface area (Å²) in [6.45, 7) is 2.15. The molecular weight excluding hydrogens is 270 g/mol. The van der Waals surface area contributed by atoms with Gasteiger partial charge in [0.25, 0.3) is 0 Å². The van der Waals surface area contributed by atoms with Crippen LogP contribution in [0.4, 0.5) is 0 Å². The van der Waals surface area contributed by atoms with Crippen molar-refractivity contribution in [3.05, 3.63) is 47.8 Å². The fourth-order valence-electron chi connectivity index (χ4n) is 1.89. The summed E-state index contributed by atoms with van der Waals surface area (Å²) in [7, 11) is 1.90. The van der Waals surface area contributed by atoms with E-state index in [9.17, 15) is 4.79 Å². The first kappa shape index (κ1) is 15.1. The van der Waals surface area contributed by atoms with E-state index in [2.05, 4.69) is 10.4 Å². The van der Waals surface area contributed by atoms with Crippen molar-refractivity contribution in [2.24, 2.45) is 7.05 Å². The number of hydrogen-bond acceptors (Lipinski definition) is 4. The molecule has 0 aliphatic carbocycles. The van der Waals surface area contributed by atoms with Gasteiger partial charge in [-0.2, -0.15) is 5.10 Å². The molecule has 2 rings (SSSR count). The molecule has 112 valence electrons. The average Bonchev–Trinajstić information content (AvgIpc) is 2.89. The number of aromatic nitrogens is 2. The molecule has 0 spiro atoms. The molecule has 0 unspecified atom stereocenters. The highest BCUT2D eigenvalue weighted by Gasteiger charge is 2.02. The van der Waals surface area contributed by atoms with Gasteiger partial charge in [-0.15, -0.1) is 0 Å². The van der Waals surface area contributed by atoms with Crippen LogP contribution in [0.1, 0.15) is 15.9 Å². The summed E-state index contributed by atoms with van der Waals surface area (Å²) in [5, 5.41) is 16.2. The van der Waals surface area contributed by atoms with Crippen LogP contribution in [-0.4, -0.2) is 40.6 Å². The lowest BCUT2D eigenvalue weighted by molar-refractivity contribution is 0.0697. The predicted octanol–water partition coefficient (Wildman–Crippen LogP) is 1.33. The maximum Gasteiger partial charge on any atom is 0.335 e. The number of rotatable bonds is 8. The van der Waals surface area contributed by atoms with E-state index in [1.807, 2.05) is 19.4 Å². The maximum atomic E-state index is 10.7. The van der Waals surface area contributed by atoms with Gasteiger partial charge in [0.05, 0.1) is 11.8 Å². The molecule has 0 bridgehead atoms. The third kappa shape index (κ3) is 4.92. The maximum absolute atomic E-state index is 10.7. The quantitative estimate of drug-likeness (QED) is 0.717. The number of aromatic carboxylic acids is 1. The summed E-state index contributed by atoms with van der Waals surface area (Å²) < 4.78 is 7.32. The first-order valence-electron chi connectivity index (χ1n) is 6.79. The number of carbonyl (C=O) groups is 1. The molecule has 6 heteroatoms. The molecule has 0 radical (unpaired) electrons. The van der Waals surface area contributed by atoms with Gasteiger partial charge in [-0.05, 0) is 42.8 Å². The monoisotopic (exact) mass is 289 g/mol. The van der Waals surface area contributed by atoms with Crippen LogP contribution in [0.25, 0.3) is 0 Å². The van der Waals surface area contributed by atoms with Crippen LogP contribution in [0, 0.1) is 0 Å². The number of carboxylic acids is 1. The zero-order valence-electron chi connectivity index (χ0n) is 12.0. The van der Waals surface area contributed by atoms with Crippen molar-refractivity contribution in [3.63, 3.8) is 0 Å². The Morgan fingerprint density at radius 3 is 2.71 bits per heavy atom. The van der Waals surface area contributed by atoms with E-state index in [-0.39, 0.29) is 5.56 Å². The number of ether oxygens (including phenoxy) is 1. The van der Waals surface area contributed by atoms with Crippen molar-refractivity contribution in [1.29, 1.82) is 0 Å². The molecule has 1 aromatic carbocycles. The Balaban J connectivity index is 1.60. The number of nitrogens with one attached hydrogen (secondary N) is 1. The van der Waals surface area contributed by atoms with Crippen LogP contribution in [0.5, 0.6) is 5.75 Å². The lowest BCUT2D eigenvalue weighted by Gasteiger charge is -2.07. The SMILES string of the molecule is Cn1cc(CCNCCOc2ccc(C(=O)O)cc2)cn1. The first-order chi connectivity index (χ1) is 10.1. The van der Waals surface area contributed by atoms with Gasteiger partial charge < -0.3 is 15.2 Å². The van der Waals surface area contributed by atoms with Gasteiger partial charge in [-0.25, -0.2) is 4.79 Å². The second-order valence-corrected chi connectivity index (χ2v) is 4.70. The highest BCUT2D eigenvalue weighted by molar-refractivity contribution is 5.87. The van der Waals surface area contributed by atoms with E-state index in [0.717, 1.165) is 19.5 Å². The van der Waals surface area contributed by atoms with Crippen molar-refractivity contribution in [2.75, 3.05) is 19.7 Å². The lowest BCUT2D eigenvalue weighted by Crippen LogP contribution is -2.23. The standard InChI is InChI=1S/C15H19N3O3/c1-18-11-12(10-17-18)6-7-16-8-9-21-14-4-2-13(3-5-14)15(19)20/h2-5,10-11,16H,6-9H2,1H3,(H,19,20). The fraction of sp³-hybridized carbons (Fsp3) is 0.333. The van der Waals surface area contributed by atoms with Gasteiger partial charge in [0.15, 0.2) is 0 Å². The summed E-state index contributed by atoms with van der Waals surface area (Å²) in [5.41, 5.74) is 1.46. The molecule has 21 heavy (non-hydrogen) atoms. The zero-order chi connectivity index (χ0) is 15.1. The smallest absolute Gasteiger partial charge is 0.335 e. The van der Waals surface area contributed by atoms with Crippen LogP contribution in [0.2, 0.25) is 0 Å². The van der Waals surface area contributed by atoms with Crippen molar-refractivity contribution in [1.82, 2.24) is 15.1 Å². The molecule has 0 fully saturated rings. The van der Waals surface area contributed by atoms with Crippen molar-refractivity contribution < 1.29 is 14.6 Å². The van der Waals surface area contributed by atoms with E-state index in [0.29, 0.717) is 12.4 Å². The normalized spacial score (nSPS) is 10.5. The Labute approximate surface area is 123 Å². The highest BCUT2D eigenvalue weighted by Crippen LogP contribution is 2.11. The summed E-state index contributed by atoms with van der Waals surface area (Å²) in [6.07, 6.45) is 4.80. The van der Waals surface area contributed by atoms with Crippen LogP contribution in [0.3, 0.4) is 0 Å². The second kappa shape index (κ2) is 7.44. The average molecular weight is 289 g/mol. The second-order valence-electron chi connectivity index (χ2n) is 4.70. The predicted molar refractivity (Wildman–Crippen MR) is 78.7 cm³/mol. The lowest BCUT2D eigenvalue weighted by atomic mass is 10.2. The van der Waals surface area contributed by atoms with Gasteiger partial charge in [-0.1, -0.05) is 0 Å². The van der Waals surface area contributed by atoms with Gasteiger partial charge in [0, 0.05) is 19.8 Å². The number of carboxylic acid groups (broad SMARTS) is 1.